The third-order valence-corrected chi connectivity index (χ3v) is 2.30. The summed E-state index contributed by atoms with van der Waals surface area (Å²) in [6.45, 7) is 5.38. The van der Waals surface area contributed by atoms with E-state index in [4.69, 9.17) is 0 Å². The summed E-state index contributed by atoms with van der Waals surface area (Å²) in [6, 6.07) is 6.80. The summed E-state index contributed by atoms with van der Waals surface area (Å²) in [4.78, 5) is 6.52. The van der Waals surface area contributed by atoms with Crippen LogP contribution in [0.1, 0.15) is 25.6 Å². The van der Waals surface area contributed by atoms with E-state index >= 15 is 0 Å². The molecule has 0 saturated carbocycles. The third kappa shape index (κ3) is 4.40. The molecule has 0 bridgehead atoms. The molecule has 1 aromatic rings. The fraction of sp³-hybridized carbons (Fsp3) is 0.583. The van der Waals surface area contributed by atoms with Gasteiger partial charge in [-0.3, -0.25) is 4.98 Å². The highest BCUT2D eigenvalue weighted by Gasteiger charge is 2.10. The second-order valence-electron chi connectivity index (χ2n) is 4.31. The second-order valence-corrected chi connectivity index (χ2v) is 4.31. The molecule has 0 aliphatic carbocycles. The van der Waals surface area contributed by atoms with Crippen molar-refractivity contribution in [2.45, 2.75) is 25.9 Å². The summed E-state index contributed by atoms with van der Waals surface area (Å²) in [5.41, 5.74) is 1.10. The summed E-state index contributed by atoms with van der Waals surface area (Å²) >= 11 is 0. The van der Waals surface area contributed by atoms with Gasteiger partial charge in [0, 0.05) is 24.8 Å². The lowest BCUT2D eigenvalue weighted by atomic mass is 10.2. The van der Waals surface area contributed by atoms with E-state index in [0.717, 1.165) is 12.2 Å². The molecule has 2 unspecified atom stereocenters. The Bertz CT molecular complexity index is 271. The predicted molar refractivity (Wildman–Crippen MR) is 63.8 cm³/mol. The van der Waals surface area contributed by atoms with Crippen LogP contribution in [-0.2, 0) is 0 Å². The molecule has 2 atom stereocenters. The molecule has 0 saturated heterocycles. The fourth-order valence-corrected chi connectivity index (χ4v) is 1.74. The maximum Gasteiger partial charge on any atom is 0.0570 e. The molecule has 3 heteroatoms. The lowest BCUT2D eigenvalue weighted by Crippen LogP contribution is -2.37. The molecule has 0 aliphatic heterocycles. The zero-order valence-electron chi connectivity index (χ0n) is 10.1. The van der Waals surface area contributed by atoms with Crippen molar-refractivity contribution in [2.24, 2.45) is 0 Å². The van der Waals surface area contributed by atoms with Gasteiger partial charge in [-0.25, -0.2) is 0 Å². The van der Waals surface area contributed by atoms with Crippen molar-refractivity contribution in [3.05, 3.63) is 30.1 Å². The van der Waals surface area contributed by atoms with E-state index in [1.807, 2.05) is 18.3 Å². The molecular formula is C12H21N3. The summed E-state index contributed by atoms with van der Waals surface area (Å²) in [6.07, 6.45) is 1.84. The Morgan fingerprint density at radius 2 is 2.07 bits per heavy atom. The van der Waals surface area contributed by atoms with Gasteiger partial charge in [0.2, 0.25) is 0 Å². The Balaban J connectivity index is 2.45. The molecule has 0 fully saturated rings. The van der Waals surface area contributed by atoms with Crippen LogP contribution in [0.25, 0.3) is 0 Å². The molecule has 1 aromatic heterocycles. The summed E-state index contributed by atoms with van der Waals surface area (Å²) in [5, 5.41) is 3.52. The van der Waals surface area contributed by atoms with Crippen LogP contribution in [0.2, 0.25) is 0 Å². The molecule has 0 aliphatic rings. The Hall–Kier alpha value is -0.930. The number of hydrogen-bond donors (Lipinski definition) is 1. The zero-order valence-corrected chi connectivity index (χ0v) is 10.1. The minimum atomic E-state index is 0.307. The minimum Gasteiger partial charge on any atom is -0.308 e. The van der Waals surface area contributed by atoms with E-state index in [9.17, 15) is 0 Å². The molecule has 84 valence electrons. The van der Waals surface area contributed by atoms with Crippen LogP contribution in [0.5, 0.6) is 0 Å². The van der Waals surface area contributed by atoms with Gasteiger partial charge >= 0.3 is 0 Å². The quantitative estimate of drug-likeness (QED) is 0.796. The molecule has 0 amide bonds. The van der Waals surface area contributed by atoms with Gasteiger partial charge in [-0.15, -0.1) is 0 Å². The summed E-state index contributed by atoms with van der Waals surface area (Å²) < 4.78 is 0. The van der Waals surface area contributed by atoms with E-state index in [1.165, 1.54) is 0 Å². The van der Waals surface area contributed by atoms with Gasteiger partial charge in [-0.1, -0.05) is 6.07 Å². The average molecular weight is 207 g/mol. The fourth-order valence-electron chi connectivity index (χ4n) is 1.74. The Morgan fingerprint density at radius 3 is 2.60 bits per heavy atom. The Morgan fingerprint density at radius 1 is 1.33 bits per heavy atom. The van der Waals surface area contributed by atoms with E-state index in [2.05, 4.69) is 49.2 Å². The highest BCUT2D eigenvalue weighted by atomic mass is 15.1. The topological polar surface area (TPSA) is 28.2 Å². The molecule has 1 N–H and O–H groups in total. The number of hydrogen-bond acceptors (Lipinski definition) is 3. The first-order valence-electron chi connectivity index (χ1n) is 5.41. The lowest BCUT2D eigenvalue weighted by Gasteiger charge is -2.22. The van der Waals surface area contributed by atoms with Gasteiger partial charge in [-0.2, -0.15) is 0 Å². The number of nitrogens with one attached hydrogen (secondary N) is 1. The van der Waals surface area contributed by atoms with Crippen molar-refractivity contribution in [3.8, 4) is 0 Å². The molecule has 3 nitrogen and oxygen atoms in total. The average Bonchev–Trinajstić information content (AvgIpc) is 2.17. The van der Waals surface area contributed by atoms with Crippen molar-refractivity contribution in [3.63, 3.8) is 0 Å². The number of rotatable bonds is 5. The Kier molecular flexibility index (Phi) is 4.72. The van der Waals surface area contributed by atoms with Crippen LogP contribution in [0, 0.1) is 0 Å². The highest BCUT2D eigenvalue weighted by molar-refractivity contribution is 5.07. The van der Waals surface area contributed by atoms with Crippen LogP contribution in [0.3, 0.4) is 0 Å². The van der Waals surface area contributed by atoms with Crippen LogP contribution < -0.4 is 5.32 Å². The second kappa shape index (κ2) is 5.83. The van der Waals surface area contributed by atoms with Crippen LogP contribution >= 0.6 is 0 Å². The summed E-state index contributed by atoms with van der Waals surface area (Å²) in [5.74, 6) is 0. The number of aromatic nitrogens is 1. The molecular weight excluding hydrogens is 186 g/mol. The molecule has 0 aromatic carbocycles. The maximum atomic E-state index is 4.33. The van der Waals surface area contributed by atoms with Crippen molar-refractivity contribution in [1.29, 1.82) is 0 Å². The first-order chi connectivity index (χ1) is 7.09. The minimum absolute atomic E-state index is 0.307. The first kappa shape index (κ1) is 12.1. The van der Waals surface area contributed by atoms with Crippen LogP contribution in [0.4, 0.5) is 0 Å². The van der Waals surface area contributed by atoms with Gasteiger partial charge in [0.05, 0.1) is 5.69 Å². The van der Waals surface area contributed by atoms with E-state index in [1.54, 1.807) is 0 Å². The summed E-state index contributed by atoms with van der Waals surface area (Å²) in [7, 11) is 4.17. The van der Waals surface area contributed by atoms with Gasteiger partial charge in [-0.05, 0) is 40.1 Å². The van der Waals surface area contributed by atoms with Crippen LogP contribution in [0.15, 0.2) is 24.4 Å². The SMILES string of the molecule is CC(CN(C)C)NC(C)c1ccccn1. The Labute approximate surface area is 92.5 Å². The monoisotopic (exact) mass is 207 g/mol. The molecule has 0 radical (unpaired) electrons. The van der Waals surface area contributed by atoms with Gasteiger partial charge < -0.3 is 10.2 Å². The largest absolute Gasteiger partial charge is 0.308 e. The van der Waals surface area contributed by atoms with Gasteiger partial charge in [0.1, 0.15) is 0 Å². The van der Waals surface area contributed by atoms with Crippen molar-refractivity contribution in [1.82, 2.24) is 15.2 Å². The zero-order chi connectivity index (χ0) is 11.3. The van der Waals surface area contributed by atoms with Gasteiger partial charge in [0.25, 0.3) is 0 Å². The van der Waals surface area contributed by atoms with E-state index in [-0.39, 0.29) is 0 Å². The van der Waals surface area contributed by atoms with E-state index < -0.39 is 0 Å². The molecule has 1 rings (SSSR count). The lowest BCUT2D eigenvalue weighted by molar-refractivity contribution is 0.333. The van der Waals surface area contributed by atoms with Crippen molar-refractivity contribution in [2.75, 3.05) is 20.6 Å². The maximum absolute atomic E-state index is 4.33. The molecule has 15 heavy (non-hydrogen) atoms. The van der Waals surface area contributed by atoms with E-state index in [0.29, 0.717) is 12.1 Å². The first-order valence-corrected chi connectivity index (χ1v) is 5.41. The number of likely N-dealkylation sites (N-methyl/N-ethyl adjacent to an activating group) is 1. The number of pyridine rings is 1. The molecule has 1 heterocycles. The molecule has 0 spiro atoms. The van der Waals surface area contributed by atoms with Crippen LogP contribution in [-0.4, -0.2) is 36.6 Å². The third-order valence-electron chi connectivity index (χ3n) is 2.30. The number of nitrogens with zero attached hydrogens (tertiary/aromatic N) is 2. The van der Waals surface area contributed by atoms with Gasteiger partial charge in [0.15, 0.2) is 0 Å². The standard InChI is InChI=1S/C12H21N3/c1-10(9-15(3)4)14-11(2)12-7-5-6-8-13-12/h5-8,10-11,14H,9H2,1-4H3. The predicted octanol–water partition coefficient (Wildman–Crippen LogP) is 1.68. The highest BCUT2D eigenvalue weighted by Crippen LogP contribution is 2.08. The van der Waals surface area contributed by atoms with Crippen molar-refractivity contribution >= 4 is 0 Å². The smallest absolute Gasteiger partial charge is 0.0570 e. The normalized spacial score (nSPS) is 15.3. The van der Waals surface area contributed by atoms with Crippen molar-refractivity contribution < 1.29 is 0 Å².